The van der Waals surface area contributed by atoms with E-state index in [1.54, 1.807) is 6.33 Å². The van der Waals surface area contributed by atoms with Crippen LogP contribution >= 0.6 is 0 Å². The molecule has 106 valence electrons. The average Bonchev–Trinajstić information content (AvgIpc) is 2.86. The summed E-state index contributed by atoms with van der Waals surface area (Å²) in [5, 5.41) is 8.74. The molecule has 5 heteroatoms. The molecular formula is C15H21N5. The lowest BCUT2D eigenvalue weighted by Crippen LogP contribution is -2.07. The summed E-state index contributed by atoms with van der Waals surface area (Å²) in [5.74, 6) is 1.49. The van der Waals surface area contributed by atoms with Crippen molar-refractivity contribution in [2.24, 2.45) is 0 Å². The normalized spacial score (nSPS) is 12.8. The Balaban J connectivity index is 2.60. The molecule has 0 saturated carbocycles. The monoisotopic (exact) mass is 271 g/mol. The van der Waals surface area contributed by atoms with Crippen LogP contribution < -0.4 is 0 Å². The number of nitriles is 1. The first-order chi connectivity index (χ1) is 9.58. The first kappa shape index (κ1) is 14.4. The van der Waals surface area contributed by atoms with Crippen molar-refractivity contribution in [3.8, 4) is 6.07 Å². The van der Waals surface area contributed by atoms with Gasteiger partial charge < -0.3 is 4.57 Å². The van der Waals surface area contributed by atoms with Crippen molar-refractivity contribution in [2.45, 2.75) is 58.9 Å². The fourth-order valence-electron chi connectivity index (χ4n) is 2.11. The summed E-state index contributed by atoms with van der Waals surface area (Å²) in [5.41, 5.74) is 2.76. The molecule has 0 amide bonds. The van der Waals surface area contributed by atoms with Gasteiger partial charge in [-0.25, -0.2) is 15.0 Å². The SMILES string of the molecule is CCC(C)c1nc(C(C)C)nc2c1ncn2CCC#N. The number of imidazole rings is 1. The molecule has 0 bridgehead atoms. The minimum absolute atomic E-state index is 0.279. The highest BCUT2D eigenvalue weighted by molar-refractivity contribution is 5.74. The minimum atomic E-state index is 0.279. The van der Waals surface area contributed by atoms with Crippen molar-refractivity contribution in [1.82, 2.24) is 19.5 Å². The van der Waals surface area contributed by atoms with Crippen LogP contribution in [-0.2, 0) is 6.54 Å². The molecule has 0 radical (unpaired) electrons. The van der Waals surface area contributed by atoms with E-state index in [4.69, 9.17) is 10.2 Å². The van der Waals surface area contributed by atoms with Crippen molar-refractivity contribution in [2.75, 3.05) is 0 Å². The summed E-state index contributed by atoms with van der Waals surface area (Å²) in [6, 6.07) is 2.16. The van der Waals surface area contributed by atoms with Gasteiger partial charge in [0.1, 0.15) is 11.3 Å². The lowest BCUT2D eigenvalue weighted by atomic mass is 10.0. The van der Waals surface area contributed by atoms with Gasteiger partial charge in [0, 0.05) is 18.4 Å². The van der Waals surface area contributed by atoms with Crippen LogP contribution in [0.2, 0.25) is 0 Å². The van der Waals surface area contributed by atoms with Crippen LogP contribution in [0.25, 0.3) is 11.2 Å². The quantitative estimate of drug-likeness (QED) is 0.836. The van der Waals surface area contributed by atoms with Crippen molar-refractivity contribution in [3.05, 3.63) is 17.8 Å². The van der Waals surface area contributed by atoms with E-state index in [1.165, 1.54) is 0 Å². The third-order valence-electron chi connectivity index (χ3n) is 3.57. The molecule has 0 aromatic carbocycles. The zero-order chi connectivity index (χ0) is 14.7. The Labute approximate surface area is 119 Å². The summed E-state index contributed by atoms with van der Waals surface area (Å²) in [6.45, 7) is 9.14. The Morgan fingerprint density at radius 1 is 1.30 bits per heavy atom. The molecule has 1 unspecified atom stereocenters. The molecule has 0 aliphatic carbocycles. The van der Waals surface area contributed by atoms with Gasteiger partial charge in [-0.1, -0.05) is 27.7 Å². The second-order valence-electron chi connectivity index (χ2n) is 5.45. The summed E-state index contributed by atoms with van der Waals surface area (Å²) < 4.78 is 1.96. The molecule has 0 saturated heterocycles. The van der Waals surface area contributed by atoms with Gasteiger partial charge in [0.05, 0.1) is 24.5 Å². The Kier molecular flexibility index (Phi) is 4.33. The van der Waals surface area contributed by atoms with E-state index in [0.29, 0.717) is 18.9 Å². The predicted octanol–water partition coefficient (Wildman–Crippen LogP) is 3.38. The molecule has 2 aromatic rings. The van der Waals surface area contributed by atoms with Gasteiger partial charge in [0.15, 0.2) is 5.65 Å². The summed E-state index contributed by atoms with van der Waals surface area (Å²) in [6.07, 6.45) is 3.26. The van der Waals surface area contributed by atoms with Crippen molar-refractivity contribution < 1.29 is 0 Å². The van der Waals surface area contributed by atoms with Gasteiger partial charge >= 0.3 is 0 Å². The number of rotatable bonds is 5. The maximum Gasteiger partial charge on any atom is 0.163 e. The van der Waals surface area contributed by atoms with Gasteiger partial charge in [0.2, 0.25) is 0 Å². The number of aryl methyl sites for hydroxylation is 1. The van der Waals surface area contributed by atoms with Crippen LogP contribution in [-0.4, -0.2) is 19.5 Å². The second kappa shape index (κ2) is 6.00. The second-order valence-corrected chi connectivity index (χ2v) is 5.45. The largest absolute Gasteiger partial charge is 0.314 e. The Morgan fingerprint density at radius 2 is 2.05 bits per heavy atom. The van der Waals surface area contributed by atoms with Crippen LogP contribution in [0.3, 0.4) is 0 Å². The zero-order valence-electron chi connectivity index (χ0n) is 12.6. The number of hydrogen-bond donors (Lipinski definition) is 0. The van der Waals surface area contributed by atoms with Crippen LogP contribution in [0.1, 0.15) is 63.9 Å². The molecule has 1 atom stereocenters. The molecule has 0 aliphatic rings. The number of fused-ring (bicyclic) bond motifs is 1. The van der Waals surface area contributed by atoms with E-state index in [-0.39, 0.29) is 5.92 Å². The van der Waals surface area contributed by atoms with E-state index in [2.05, 4.69) is 43.7 Å². The summed E-state index contributed by atoms with van der Waals surface area (Å²) in [7, 11) is 0. The van der Waals surface area contributed by atoms with Crippen LogP contribution in [0.4, 0.5) is 0 Å². The standard InChI is InChI=1S/C15H21N5/c1-5-11(4)12-13-15(19-14(18-12)10(2)3)20(9-17-13)8-6-7-16/h9-11H,5-6,8H2,1-4H3. The highest BCUT2D eigenvalue weighted by atomic mass is 15.1. The maximum atomic E-state index is 8.74. The van der Waals surface area contributed by atoms with Gasteiger partial charge in [0.25, 0.3) is 0 Å². The zero-order valence-corrected chi connectivity index (χ0v) is 12.6. The average molecular weight is 271 g/mol. The summed E-state index contributed by atoms with van der Waals surface area (Å²) in [4.78, 5) is 13.8. The lowest BCUT2D eigenvalue weighted by Gasteiger charge is -2.12. The van der Waals surface area contributed by atoms with Crippen molar-refractivity contribution in [3.63, 3.8) is 0 Å². The Hall–Kier alpha value is -1.96. The molecule has 20 heavy (non-hydrogen) atoms. The van der Waals surface area contributed by atoms with E-state index < -0.39 is 0 Å². The lowest BCUT2D eigenvalue weighted by molar-refractivity contribution is 0.680. The molecule has 2 heterocycles. The third kappa shape index (κ3) is 2.64. The van der Waals surface area contributed by atoms with E-state index in [9.17, 15) is 0 Å². The first-order valence-electron chi connectivity index (χ1n) is 7.18. The molecule has 0 N–H and O–H groups in total. The van der Waals surface area contributed by atoms with Crippen LogP contribution in [0.5, 0.6) is 0 Å². The third-order valence-corrected chi connectivity index (χ3v) is 3.57. The topological polar surface area (TPSA) is 67.4 Å². The molecule has 2 aromatic heterocycles. The van der Waals surface area contributed by atoms with Crippen molar-refractivity contribution >= 4 is 11.2 Å². The van der Waals surface area contributed by atoms with E-state index >= 15 is 0 Å². The minimum Gasteiger partial charge on any atom is -0.314 e. The Morgan fingerprint density at radius 3 is 2.65 bits per heavy atom. The smallest absolute Gasteiger partial charge is 0.163 e. The molecular weight excluding hydrogens is 250 g/mol. The van der Waals surface area contributed by atoms with Gasteiger partial charge in [-0.15, -0.1) is 0 Å². The summed E-state index contributed by atoms with van der Waals surface area (Å²) >= 11 is 0. The fourth-order valence-corrected chi connectivity index (χ4v) is 2.11. The number of nitrogens with zero attached hydrogens (tertiary/aromatic N) is 5. The van der Waals surface area contributed by atoms with Crippen LogP contribution in [0, 0.1) is 11.3 Å². The first-order valence-corrected chi connectivity index (χ1v) is 7.18. The van der Waals surface area contributed by atoms with Gasteiger partial charge in [-0.05, 0) is 6.42 Å². The highest BCUT2D eigenvalue weighted by Gasteiger charge is 2.18. The molecule has 0 spiro atoms. The molecule has 5 nitrogen and oxygen atoms in total. The van der Waals surface area contributed by atoms with Crippen LogP contribution in [0.15, 0.2) is 6.33 Å². The fraction of sp³-hybridized carbons (Fsp3) is 0.600. The maximum absolute atomic E-state index is 8.74. The van der Waals surface area contributed by atoms with E-state index in [0.717, 1.165) is 29.1 Å². The molecule has 0 aliphatic heterocycles. The van der Waals surface area contributed by atoms with E-state index in [1.807, 2.05) is 4.57 Å². The Bertz CT molecular complexity index is 635. The number of hydrogen-bond acceptors (Lipinski definition) is 4. The van der Waals surface area contributed by atoms with Crippen molar-refractivity contribution in [1.29, 1.82) is 5.26 Å². The highest BCUT2D eigenvalue weighted by Crippen LogP contribution is 2.26. The number of aromatic nitrogens is 4. The van der Waals surface area contributed by atoms with Gasteiger partial charge in [-0.3, -0.25) is 0 Å². The predicted molar refractivity (Wildman–Crippen MR) is 78.3 cm³/mol. The molecule has 2 rings (SSSR count). The van der Waals surface area contributed by atoms with Gasteiger partial charge in [-0.2, -0.15) is 5.26 Å². The molecule has 0 fully saturated rings.